The predicted molar refractivity (Wildman–Crippen MR) is 65.4 cm³/mol. The van der Waals surface area contributed by atoms with E-state index in [1.165, 1.54) is 0 Å². The number of benzene rings is 1. The Bertz CT molecular complexity index is 470. The summed E-state index contributed by atoms with van der Waals surface area (Å²) in [4.78, 5) is 0. The molecule has 0 bridgehead atoms. The Morgan fingerprint density at radius 2 is 2.06 bits per heavy atom. The molecule has 0 aliphatic rings. The summed E-state index contributed by atoms with van der Waals surface area (Å²) in [6.45, 7) is 2.34. The Morgan fingerprint density at radius 3 is 2.65 bits per heavy atom. The largest absolute Gasteiger partial charge is 0.492 e. The van der Waals surface area contributed by atoms with E-state index in [0.29, 0.717) is 5.75 Å². The molecule has 0 fully saturated rings. The van der Waals surface area contributed by atoms with Crippen molar-refractivity contribution in [2.24, 2.45) is 0 Å². The minimum absolute atomic E-state index is 0.0420. The third-order valence-electron chi connectivity index (χ3n) is 2.03. The van der Waals surface area contributed by atoms with Gasteiger partial charge in [0.05, 0.1) is 12.9 Å². The molecule has 2 N–H and O–H groups in total. The molecule has 0 atom stereocenters. The second-order valence-electron chi connectivity index (χ2n) is 3.83. The second-order valence-corrected chi connectivity index (χ2v) is 5.66. The van der Waals surface area contributed by atoms with Crippen LogP contribution in [-0.2, 0) is 16.6 Å². The van der Waals surface area contributed by atoms with Gasteiger partial charge in [-0.3, -0.25) is 0 Å². The molecule has 1 rings (SSSR count). The maximum absolute atomic E-state index is 10.8. The first-order valence-electron chi connectivity index (χ1n) is 5.19. The van der Waals surface area contributed by atoms with Crippen LogP contribution in [0.15, 0.2) is 18.2 Å². The third-order valence-corrected chi connectivity index (χ3v) is 2.76. The molecule has 96 valence electrons. The summed E-state index contributed by atoms with van der Waals surface area (Å²) in [5.41, 5.74) is 1.76. The van der Waals surface area contributed by atoms with Crippen LogP contribution in [-0.4, -0.2) is 32.9 Å². The van der Waals surface area contributed by atoms with Gasteiger partial charge in [0.1, 0.15) is 12.4 Å². The number of aliphatic hydroxyl groups excluding tert-OH is 1. The molecule has 17 heavy (non-hydrogen) atoms. The number of ether oxygens (including phenoxy) is 1. The third kappa shape index (κ3) is 5.67. The van der Waals surface area contributed by atoms with E-state index in [0.717, 1.165) is 17.4 Å². The zero-order valence-electron chi connectivity index (χ0n) is 9.93. The maximum Gasteiger partial charge on any atom is 0.208 e. The second kappa shape index (κ2) is 6.00. The van der Waals surface area contributed by atoms with Gasteiger partial charge < -0.3 is 9.84 Å². The summed E-state index contributed by atoms with van der Waals surface area (Å²) < 4.78 is 29.3. The van der Waals surface area contributed by atoms with Crippen molar-refractivity contribution < 1.29 is 18.3 Å². The first-order chi connectivity index (χ1) is 7.90. The van der Waals surface area contributed by atoms with Crippen LogP contribution in [0.1, 0.15) is 11.1 Å². The van der Waals surface area contributed by atoms with Crippen molar-refractivity contribution in [3.63, 3.8) is 0 Å². The molecule has 1 aromatic rings. The van der Waals surface area contributed by atoms with Crippen LogP contribution in [0.5, 0.6) is 5.75 Å². The minimum Gasteiger partial charge on any atom is -0.492 e. The molecule has 5 nitrogen and oxygen atoms in total. The first-order valence-corrected chi connectivity index (χ1v) is 7.09. The van der Waals surface area contributed by atoms with Crippen LogP contribution in [0.25, 0.3) is 0 Å². The lowest BCUT2D eigenvalue weighted by molar-refractivity contribution is 0.279. The Balaban J connectivity index is 2.49. The monoisotopic (exact) mass is 259 g/mol. The van der Waals surface area contributed by atoms with Crippen LogP contribution in [0.4, 0.5) is 0 Å². The van der Waals surface area contributed by atoms with Crippen molar-refractivity contribution in [1.29, 1.82) is 0 Å². The number of sulfonamides is 1. The van der Waals surface area contributed by atoms with Gasteiger partial charge in [0.2, 0.25) is 10.0 Å². The molecule has 0 unspecified atom stereocenters. The number of rotatable bonds is 6. The normalized spacial score (nSPS) is 11.5. The van der Waals surface area contributed by atoms with E-state index in [2.05, 4.69) is 4.72 Å². The van der Waals surface area contributed by atoms with E-state index in [1.807, 2.05) is 19.1 Å². The zero-order valence-corrected chi connectivity index (χ0v) is 10.8. The standard InChI is InChI=1S/C11H17NO4S/c1-9-5-10(8-13)7-11(6-9)16-4-3-12-17(2,14)15/h5-7,12-13H,3-4,8H2,1-2H3. The topological polar surface area (TPSA) is 75.6 Å². The molecule has 0 aromatic heterocycles. The Morgan fingerprint density at radius 1 is 1.35 bits per heavy atom. The highest BCUT2D eigenvalue weighted by atomic mass is 32.2. The molecule has 0 aliphatic carbocycles. The van der Waals surface area contributed by atoms with E-state index in [9.17, 15) is 8.42 Å². The summed E-state index contributed by atoms with van der Waals surface area (Å²) >= 11 is 0. The molecule has 0 spiro atoms. The molecule has 6 heteroatoms. The van der Waals surface area contributed by atoms with Crippen LogP contribution >= 0.6 is 0 Å². The molecular weight excluding hydrogens is 242 g/mol. The lowest BCUT2D eigenvalue weighted by Crippen LogP contribution is -2.26. The number of aryl methyl sites for hydroxylation is 1. The summed E-state index contributed by atoms with van der Waals surface area (Å²) in [6, 6.07) is 5.43. The van der Waals surface area contributed by atoms with Gasteiger partial charge >= 0.3 is 0 Å². The fraction of sp³-hybridized carbons (Fsp3) is 0.455. The highest BCUT2D eigenvalue weighted by Gasteiger charge is 2.01. The van der Waals surface area contributed by atoms with E-state index in [-0.39, 0.29) is 19.8 Å². The number of hydrogen-bond donors (Lipinski definition) is 2. The summed E-state index contributed by atoms with van der Waals surface area (Å²) in [5.74, 6) is 0.629. The average Bonchev–Trinajstić information content (AvgIpc) is 2.22. The van der Waals surface area contributed by atoms with E-state index in [1.54, 1.807) is 6.07 Å². The summed E-state index contributed by atoms with van der Waals surface area (Å²) in [5, 5.41) is 9.02. The SMILES string of the molecule is Cc1cc(CO)cc(OCCNS(C)(=O)=O)c1. The van der Waals surface area contributed by atoms with Crippen molar-refractivity contribution in [2.45, 2.75) is 13.5 Å². The number of aliphatic hydroxyl groups is 1. The van der Waals surface area contributed by atoms with Crippen molar-refractivity contribution >= 4 is 10.0 Å². The number of hydrogen-bond acceptors (Lipinski definition) is 4. The molecule has 0 saturated carbocycles. The lowest BCUT2D eigenvalue weighted by atomic mass is 10.1. The molecule has 0 saturated heterocycles. The molecule has 0 heterocycles. The van der Waals surface area contributed by atoms with Crippen LogP contribution in [0, 0.1) is 6.92 Å². The van der Waals surface area contributed by atoms with Crippen LogP contribution in [0.2, 0.25) is 0 Å². The van der Waals surface area contributed by atoms with Gasteiger partial charge in [-0.1, -0.05) is 6.07 Å². The van der Waals surface area contributed by atoms with Crippen molar-refractivity contribution in [2.75, 3.05) is 19.4 Å². The van der Waals surface area contributed by atoms with Gasteiger partial charge in [-0.05, 0) is 30.2 Å². The van der Waals surface area contributed by atoms with E-state index in [4.69, 9.17) is 9.84 Å². The van der Waals surface area contributed by atoms with Gasteiger partial charge in [-0.2, -0.15) is 0 Å². The fourth-order valence-corrected chi connectivity index (χ4v) is 1.85. The minimum atomic E-state index is -3.17. The van der Waals surface area contributed by atoms with Crippen molar-refractivity contribution in [1.82, 2.24) is 4.72 Å². The van der Waals surface area contributed by atoms with Gasteiger partial charge in [-0.15, -0.1) is 0 Å². The molecular formula is C11H17NO4S. The Labute approximate surface area is 101 Å². The Hall–Kier alpha value is -1.11. The first kappa shape index (κ1) is 14.0. The van der Waals surface area contributed by atoms with Gasteiger partial charge in [-0.25, -0.2) is 13.1 Å². The van der Waals surface area contributed by atoms with Crippen molar-refractivity contribution in [3.05, 3.63) is 29.3 Å². The highest BCUT2D eigenvalue weighted by molar-refractivity contribution is 7.88. The molecule has 0 aliphatic heterocycles. The van der Waals surface area contributed by atoms with Gasteiger partial charge in [0, 0.05) is 6.54 Å². The maximum atomic E-state index is 10.8. The molecule has 1 aromatic carbocycles. The van der Waals surface area contributed by atoms with E-state index >= 15 is 0 Å². The summed E-state index contributed by atoms with van der Waals surface area (Å²) in [7, 11) is -3.17. The molecule has 0 radical (unpaired) electrons. The van der Waals surface area contributed by atoms with E-state index < -0.39 is 10.0 Å². The quantitative estimate of drug-likeness (QED) is 0.726. The van der Waals surface area contributed by atoms with Gasteiger partial charge in [0.15, 0.2) is 0 Å². The highest BCUT2D eigenvalue weighted by Crippen LogP contribution is 2.16. The van der Waals surface area contributed by atoms with Crippen molar-refractivity contribution in [3.8, 4) is 5.75 Å². The zero-order chi connectivity index (χ0) is 12.9. The Kier molecular flexibility index (Phi) is 4.92. The molecule has 0 amide bonds. The fourth-order valence-electron chi connectivity index (χ4n) is 1.40. The van der Waals surface area contributed by atoms with Gasteiger partial charge in [0.25, 0.3) is 0 Å². The predicted octanol–water partition coefficient (Wildman–Crippen LogP) is 0.415. The smallest absolute Gasteiger partial charge is 0.208 e. The lowest BCUT2D eigenvalue weighted by Gasteiger charge is -2.09. The van der Waals surface area contributed by atoms with Crippen LogP contribution < -0.4 is 9.46 Å². The average molecular weight is 259 g/mol. The van der Waals surface area contributed by atoms with Crippen LogP contribution in [0.3, 0.4) is 0 Å². The summed E-state index contributed by atoms with van der Waals surface area (Å²) in [6.07, 6.45) is 1.10. The number of nitrogens with one attached hydrogen (secondary N) is 1.